The van der Waals surface area contributed by atoms with Crippen LogP contribution >= 0.6 is 0 Å². The van der Waals surface area contributed by atoms with Crippen LogP contribution in [0.25, 0.3) is 0 Å². The Kier molecular flexibility index (Phi) is 4.50. The molecule has 1 aromatic rings. The Bertz CT molecular complexity index is 439. The standard InChI is InChI=1S/C14H21F2N3/c1-18-6-7-19(2)10(9-18)8-13(17)11-4-3-5-12(15)14(11)16/h3-5,10,13H,6-9,17H2,1-2H3. The lowest BCUT2D eigenvalue weighted by atomic mass is 9.97. The van der Waals surface area contributed by atoms with E-state index in [-0.39, 0.29) is 11.6 Å². The van der Waals surface area contributed by atoms with Gasteiger partial charge in [0.25, 0.3) is 0 Å². The van der Waals surface area contributed by atoms with Gasteiger partial charge in [-0.25, -0.2) is 8.78 Å². The van der Waals surface area contributed by atoms with Gasteiger partial charge in [-0.1, -0.05) is 12.1 Å². The molecule has 3 nitrogen and oxygen atoms in total. The molecule has 1 heterocycles. The summed E-state index contributed by atoms with van der Waals surface area (Å²) in [5.41, 5.74) is 6.32. The number of piperazine rings is 1. The van der Waals surface area contributed by atoms with Gasteiger partial charge < -0.3 is 15.5 Å². The molecule has 0 aromatic heterocycles. The number of hydrogen-bond donors (Lipinski definition) is 1. The van der Waals surface area contributed by atoms with E-state index in [4.69, 9.17) is 5.73 Å². The number of benzene rings is 1. The molecule has 19 heavy (non-hydrogen) atoms. The number of nitrogens with zero attached hydrogens (tertiary/aromatic N) is 2. The summed E-state index contributed by atoms with van der Waals surface area (Å²) in [5.74, 6) is -1.65. The van der Waals surface area contributed by atoms with Crippen LogP contribution in [0.2, 0.25) is 0 Å². The van der Waals surface area contributed by atoms with Gasteiger partial charge in [0, 0.05) is 37.3 Å². The van der Waals surface area contributed by atoms with Gasteiger partial charge in [-0.2, -0.15) is 0 Å². The molecule has 1 aromatic carbocycles. The highest BCUT2D eigenvalue weighted by Gasteiger charge is 2.26. The third kappa shape index (κ3) is 3.29. The van der Waals surface area contributed by atoms with E-state index in [9.17, 15) is 8.78 Å². The van der Waals surface area contributed by atoms with Crippen molar-refractivity contribution in [1.29, 1.82) is 0 Å². The maximum atomic E-state index is 13.7. The van der Waals surface area contributed by atoms with Crippen LogP contribution in [0.15, 0.2) is 18.2 Å². The minimum absolute atomic E-state index is 0.265. The van der Waals surface area contributed by atoms with Crippen molar-refractivity contribution >= 4 is 0 Å². The van der Waals surface area contributed by atoms with Crippen LogP contribution in [0.1, 0.15) is 18.0 Å². The summed E-state index contributed by atoms with van der Waals surface area (Å²) in [5, 5.41) is 0. The molecular formula is C14H21F2N3. The molecule has 2 atom stereocenters. The lowest BCUT2D eigenvalue weighted by molar-refractivity contribution is 0.104. The SMILES string of the molecule is CN1CCN(C)C(CC(N)c2cccc(F)c2F)C1. The molecule has 0 bridgehead atoms. The van der Waals surface area contributed by atoms with E-state index in [1.807, 2.05) is 7.05 Å². The van der Waals surface area contributed by atoms with E-state index in [0.717, 1.165) is 25.7 Å². The molecule has 1 fully saturated rings. The van der Waals surface area contributed by atoms with Gasteiger partial charge in [-0.15, -0.1) is 0 Å². The highest BCUT2D eigenvalue weighted by molar-refractivity contribution is 5.22. The van der Waals surface area contributed by atoms with Crippen LogP contribution in [0.3, 0.4) is 0 Å². The van der Waals surface area contributed by atoms with E-state index >= 15 is 0 Å². The Morgan fingerprint density at radius 1 is 1.32 bits per heavy atom. The van der Waals surface area contributed by atoms with Gasteiger partial charge in [-0.05, 0) is 26.6 Å². The third-order valence-electron chi connectivity index (χ3n) is 3.89. The number of halogens is 2. The van der Waals surface area contributed by atoms with E-state index in [1.54, 1.807) is 6.07 Å². The van der Waals surface area contributed by atoms with Crippen molar-refractivity contribution in [2.45, 2.75) is 18.5 Å². The van der Waals surface area contributed by atoms with Crippen molar-refractivity contribution in [3.05, 3.63) is 35.4 Å². The summed E-state index contributed by atoms with van der Waals surface area (Å²) >= 11 is 0. The molecule has 1 saturated heterocycles. The molecule has 2 rings (SSSR count). The number of nitrogens with two attached hydrogens (primary N) is 1. The van der Waals surface area contributed by atoms with Gasteiger partial charge in [0.05, 0.1) is 0 Å². The second-order valence-corrected chi connectivity index (χ2v) is 5.38. The van der Waals surface area contributed by atoms with Crippen molar-refractivity contribution in [1.82, 2.24) is 9.80 Å². The number of rotatable bonds is 3. The molecule has 1 aliphatic rings. The molecule has 5 heteroatoms. The number of hydrogen-bond acceptors (Lipinski definition) is 3. The highest BCUT2D eigenvalue weighted by atomic mass is 19.2. The Morgan fingerprint density at radius 2 is 2.05 bits per heavy atom. The third-order valence-corrected chi connectivity index (χ3v) is 3.89. The topological polar surface area (TPSA) is 32.5 Å². The smallest absolute Gasteiger partial charge is 0.163 e. The van der Waals surface area contributed by atoms with Gasteiger partial charge in [0.1, 0.15) is 0 Å². The Balaban J connectivity index is 2.07. The monoisotopic (exact) mass is 269 g/mol. The molecule has 2 N–H and O–H groups in total. The summed E-state index contributed by atoms with van der Waals surface area (Å²) in [6.45, 7) is 2.90. The number of likely N-dealkylation sites (N-methyl/N-ethyl adjacent to an activating group) is 2. The summed E-state index contributed by atoms with van der Waals surface area (Å²) in [7, 11) is 4.11. The fourth-order valence-electron chi connectivity index (χ4n) is 2.58. The minimum atomic E-state index is -0.831. The van der Waals surface area contributed by atoms with Crippen molar-refractivity contribution in [3.8, 4) is 0 Å². The van der Waals surface area contributed by atoms with Crippen molar-refractivity contribution in [3.63, 3.8) is 0 Å². The van der Waals surface area contributed by atoms with Gasteiger partial charge >= 0.3 is 0 Å². The second-order valence-electron chi connectivity index (χ2n) is 5.38. The molecular weight excluding hydrogens is 248 g/mol. The van der Waals surface area contributed by atoms with Gasteiger partial charge in [0.2, 0.25) is 0 Å². The zero-order valence-corrected chi connectivity index (χ0v) is 11.4. The largest absolute Gasteiger partial charge is 0.324 e. The summed E-state index contributed by atoms with van der Waals surface area (Å²) in [6.07, 6.45) is 0.626. The predicted molar refractivity (Wildman–Crippen MR) is 71.8 cm³/mol. The average molecular weight is 269 g/mol. The van der Waals surface area contributed by atoms with Crippen LogP contribution in [0.4, 0.5) is 8.78 Å². The van der Waals surface area contributed by atoms with Gasteiger partial charge in [-0.3, -0.25) is 0 Å². The van der Waals surface area contributed by atoms with Crippen LogP contribution in [0.5, 0.6) is 0 Å². The van der Waals surface area contributed by atoms with E-state index < -0.39 is 17.7 Å². The molecule has 2 unspecified atom stereocenters. The lowest BCUT2D eigenvalue weighted by Crippen LogP contribution is -2.50. The first kappa shape index (κ1) is 14.4. The van der Waals surface area contributed by atoms with Crippen LogP contribution < -0.4 is 5.73 Å². The predicted octanol–water partition coefficient (Wildman–Crippen LogP) is 1.60. The van der Waals surface area contributed by atoms with E-state index in [2.05, 4.69) is 16.8 Å². The zero-order valence-electron chi connectivity index (χ0n) is 11.4. The molecule has 0 aliphatic carbocycles. The maximum absolute atomic E-state index is 13.7. The summed E-state index contributed by atoms with van der Waals surface area (Å²) in [4.78, 5) is 4.47. The Labute approximate surface area is 113 Å². The fourth-order valence-corrected chi connectivity index (χ4v) is 2.58. The first-order chi connectivity index (χ1) is 8.99. The molecule has 0 radical (unpaired) electrons. The van der Waals surface area contributed by atoms with Crippen LogP contribution in [-0.4, -0.2) is 49.6 Å². The van der Waals surface area contributed by atoms with Crippen LogP contribution in [0, 0.1) is 11.6 Å². The highest BCUT2D eigenvalue weighted by Crippen LogP contribution is 2.23. The van der Waals surface area contributed by atoms with E-state index in [1.165, 1.54) is 6.07 Å². The maximum Gasteiger partial charge on any atom is 0.163 e. The van der Waals surface area contributed by atoms with Crippen molar-refractivity contribution < 1.29 is 8.78 Å². The molecule has 0 amide bonds. The van der Waals surface area contributed by atoms with Crippen molar-refractivity contribution in [2.24, 2.45) is 5.73 Å². The zero-order chi connectivity index (χ0) is 14.0. The fraction of sp³-hybridized carbons (Fsp3) is 0.571. The lowest BCUT2D eigenvalue weighted by Gasteiger charge is -2.38. The molecule has 106 valence electrons. The molecule has 0 saturated carbocycles. The summed E-state index contributed by atoms with van der Waals surface area (Å²) < 4.78 is 26.9. The van der Waals surface area contributed by atoms with E-state index in [0.29, 0.717) is 6.42 Å². The average Bonchev–Trinajstić information content (AvgIpc) is 2.37. The first-order valence-corrected chi connectivity index (χ1v) is 6.57. The Hall–Kier alpha value is -1.04. The van der Waals surface area contributed by atoms with Crippen LogP contribution in [-0.2, 0) is 0 Å². The second kappa shape index (κ2) is 5.94. The summed E-state index contributed by atoms with van der Waals surface area (Å²) in [6, 6.07) is 3.98. The quantitative estimate of drug-likeness (QED) is 0.904. The Morgan fingerprint density at radius 3 is 2.79 bits per heavy atom. The first-order valence-electron chi connectivity index (χ1n) is 6.57. The minimum Gasteiger partial charge on any atom is -0.324 e. The van der Waals surface area contributed by atoms with Crippen molar-refractivity contribution in [2.75, 3.05) is 33.7 Å². The molecule has 0 spiro atoms. The van der Waals surface area contributed by atoms with Gasteiger partial charge in [0.15, 0.2) is 11.6 Å². The normalized spacial score (nSPS) is 23.5. The molecule has 1 aliphatic heterocycles.